The van der Waals surface area contributed by atoms with Crippen LogP contribution in [0.2, 0.25) is 36.3 Å². The number of aromatic nitrogens is 2. The largest absolute Gasteiger partial charge is 0.411 e. The molecule has 2 heterocycles. The van der Waals surface area contributed by atoms with Crippen LogP contribution in [0.5, 0.6) is 0 Å². The van der Waals surface area contributed by atoms with Gasteiger partial charge in [0.2, 0.25) is 0 Å². The average Bonchev–Trinajstić information content (AvgIpc) is 3.32. The van der Waals surface area contributed by atoms with Crippen LogP contribution in [0.15, 0.2) is 15.8 Å². The highest BCUT2D eigenvalue weighted by Gasteiger charge is 2.60. The van der Waals surface area contributed by atoms with E-state index in [1.54, 1.807) is 17.7 Å². The zero-order chi connectivity index (χ0) is 25.5. The first-order valence-electron chi connectivity index (χ1n) is 13.1. The van der Waals surface area contributed by atoms with Crippen LogP contribution < -0.4 is 11.2 Å². The number of nitrogens with zero attached hydrogens (tertiary/aromatic N) is 1. The highest BCUT2D eigenvalue weighted by Crippen LogP contribution is 2.52. The van der Waals surface area contributed by atoms with Crippen LogP contribution in [0.25, 0.3) is 0 Å². The molecular formula is C25H46N2O5Si2. The number of hydrogen-bond donors (Lipinski definition) is 1. The fourth-order valence-corrected chi connectivity index (χ4v) is 9.62. The van der Waals surface area contributed by atoms with Gasteiger partial charge < -0.3 is 13.6 Å². The molecule has 1 aliphatic heterocycles. The Morgan fingerprint density at radius 1 is 1.12 bits per heavy atom. The Morgan fingerprint density at radius 3 is 2.29 bits per heavy atom. The van der Waals surface area contributed by atoms with Crippen molar-refractivity contribution in [3.05, 3.63) is 32.6 Å². The van der Waals surface area contributed by atoms with Crippen molar-refractivity contribution >= 4 is 16.6 Å². The summed E-state index contributed by atoms with van der Waals surface area (Å²) < 4.78 is 22.6. The Bertz CT molecular complexity index is 970. The van der Waals surface area contributed by atoms with Crippen LogP contribution >= 0.6 is 0 Å². The monoisotopic (exact) mass is 510 g/mol. The van der Waals surface area contributed by atoms with Crippen LogP contribution in [0.3, 0.4) is 0 Å². The van der Waals surface area contributed by atoms with Crippen molar-refractivity contribution < 1.29 is 13.6 Å². The summed E-state index contributed by atoms with van der Waals surface area (Å²) in [6.07, 6.45) is 4.39. The van der Waals surface area contributed by atoms with Crippen molar-refractivity contribution in [1.82, 2.24) is 9.55 Å². The number of H-pyrrole nitrogens is 1. The average molecular weight is 511 g/mol. The van der Waals surface area contributed by atoms with Gasteiger partial charge in [0.1, 0.15) is 11.8 Å². The van der Waals surface area contributed by atoms with Crippen LogP contribution in [-0.4, -0.2) is 44.0 Å². The zero-order valence-corrected chi connectivity index (χ0v) is 24.7. The van der Waals surface area contributed by atoms with E-state index in [9.17, 15) is 9.59 Å². The van der Waals surface area contributed by atoms with Gasteiger partial charge in [0.05, 0.1) is 12.2 Å². The van der Waals surface area contributed by atoms with Gasteiger partial charge in [-0.1, -0.05) is 41.5 Å². The van der Waals surface area contributed by atoms with Crippen molar-refractivity contribution in [3.63, 3.8) is 0 Å². The highest BCUT2D eigenvalue weighted by atomic mass is 28.4. The second kappa shape index (κ2) is 9.80. The SMILES string of the molecule is CC[Si](CC)(CC)O[C@H]1C[C@@H](n2cc(C)c(=O)[nH]c2=O)O[C@]12CCC[C@@H]2O[Si](C)(C)C(C)(C)C. The number of nitrogens with one attached hydrogen (secondary N) is 1. The van der Waals surface area contributed by atoms with Crippen molar-refractivity contribution in [3.8, 4) is 0 Å². The normalized spacial score (nSPS) is 28.2. The van der Waals surface area contributed by atoms with Gasteiger partial charge in [-0.3, -0.25) is 14.3 Å². The molecule has 34 heavy (non-hydrogen) atoms. The molecule has 3 rings (SSSR count). The first kappa shape index (κ1) is 27.6. The minimum Gasteiger partial charge on any atom is -0.411 e. The Hall–Kier alpha value is -1.01. The van der Waals surface area contributed by atoms with Crippen LogP contribution in [0.4, 0.5) is 0 Å². The van der Waals surface area contributed by atoms with E-state index >= 15 is 0 Å². The standard InChI is InChI=1S/C25H46N2O5Si2/c1-10-34(11-2,12-3)32-20-16-21(27-17-18(4)22(28)26-23(27)29)30-25(20)15-13-14-19(25)31-33(8,9)24(5,6)7/h17,19-21H,10-16H2,1-9H3,(H,26,28,29)/t19-,20-,21-,25-/m0/s1. The molecule has 1 aromatic rings. The minimum absolute atomic E-state index is 0.0554. The lowest BCUT2D eigenvalue weighted by atomic mass is 9.93. The fraction of sp³-hybridized carbons (Fsp3) is 0.840. The van der Waals surface area contributed by atoms with E-state index in [2.05, 4.69) is 59.6 Å². The lowest BCUT2D eigenvalue weighted by Gasteiger charge is -2.45. The Morgan fingerprint density at radius 2 is 1.74 bits per heavy atom. The molecule has 0 amide bonds. The molecule has 1 saturated heterocycles. The maximum absolute atomic E-state index is 12.8. The molecule has 194 valence electrons. The van der Waals surface area contributed by atoms with Gasteiger partial charge in [0.25, 0.3) is 5.56 Å². The Kier molecular flexibility index (Phi) is 7.95. The van der Waals surface area contributed by atoms with Crippen LogP contribution in [0, 0.1) is 6.92 Å². The van der Waals surface area contributed by atoms with E-state index in [1.165, 1.54) is 0 Å². The molecule has 2 fully saturated rings. The Balaban J connectivity index is 2.05. The summed E-state index contributed by atoms with van der Waals surface area (Å²) in [5.74, 6) is 0. The van der Waals surface area contributed by atoms with Crippen molar-refractivity contribution in [2.45, 2.75) is 134 Å². The van der Waals surface area contributed by atoms with E-state index in [4.69, 9.17) is 13.6 Å². The highest BCUT2D eigenvalue weighted by molar-refractivity contribution is 6.74. The van der Waals surface area contributed by atoms with Crippen molar-refractivity contribution in [2.75, 3.05) is 0 Å². The van der Waals surface area contributed by atoms with Gasteiger partial charge in [-0.25, -0.2) is 4.79 Å². The molecule has 0 unspecified atom stereocenters. The molecular weight excluding hydrogens is 464 g/mol. The Labute approximate surface area is 206 Å². The van der Waals surface area contributed by atoms with Crippen LogP contribution in [0.1, 0.15) is 79.0 Å². The number of rotatable bonds is 8. The van der Waals surface area contributed by atoms with E-state index in [0.717, 1.165) is 37.4 Å². The van der Waals surface area contributed by atoms with Gasteiger partial charge in [-0.2, -0.15) is 0 Å². The van der Waals surface area contributed by atoms with E-state index in [1.807, 2.05) is 0 Å². The molecule has 2 aliphatic rings. The molecule has 7 nitrogen and oxygen atoms in total. The van der Waals surface area contributed by atoms with Crippen molar-refractivity contribution in [1.29, 1.82) is 0 Å². The van der Waals surface area contributed by atoms with E-state index in [0.29, 0.717) is 12.0 Å². The first-order chi connectivity index (χ1) is 15.7. The quantitative estimate of drug-likeness (QED) is 0.469. The van der Waals surface area contributed by atoms with Gasteiger partial charge in [-0.15, -0.1) is 0 Å². The summed E-state index contributed by atoms with van der Waals surface area (Å²) in [6.45, 7) is 19.8. The third-order valence-electron chi connectivity index (χ3n) is 8.92. The summed E-state index contributed by atoms with van der Waals surface area (Å²) in [6, 6.07) is 3.17. The van der Waals surface area contributed by atoms with Gasteiger partial charge in [0, 0.05) is 18.2 Å². The third kappa shape index (κ3) is 4.96. The molecule has 1 aliphatic carbocycles. The van der Waals surface area contributed by atoms with Crippen LogP contribution in [-0.2, 0) is 13.6 Å². The summed E-state index contributed by atoms with van der Waals surface area (Å²) in [7, 11) is -3.98. The topological polar surface area (TPSA) is 82.6 Å². The summed E-state index contributed by atoms with van der Waals surface area (Å²) in [5.41, 5.74) is -0.847. The lowest BCUT2D eigenvalue weighted by Crippen LogP contribution is -2.56. The molecule has 0 bridgehead atoms. The second-order valence-corrected chi connectivity index (χ2v) is 21.3. The second-order valence-electron chi connectivity index (χ2n) is 11.9. The number of ether oxygens (including phenoxy) is 1. The molecule has 0 radical (unpaired) electrons. The van der Waals surface area contributed by atoms with Crippen molar-refractivity contribution in [2.24, 2.45) is 0 Å². The third-order valence-corrected chi connectivity index (χ3v) is 18.1. The minimum atomic E-state index is -2.05. The molecule has 1 aromatic heterocycles. The molecule has 4 atom stereocenters. The molecule has 1 spiro atoms. The van der Waals surface area contributed by atoms with Gasteiger partial charge >= 0.3 is 5.69 Å². The number of hydrogen-bond acceptors (Lipinski definition) is 5. The summed E-state index contributed by atoms with van der Waals surface area (Å²) in [4.78, 5) is 27.2. The maximum atomic E-state index is 12.8. The zero-order valence-electron chi connectivity index (χ0n) is 22.7. The maximum Gasteiger partial charge on any atom is 0.330 e. The first-order valence-corrected chi connectivity index (χ1v) is 18.5. The van der Waals surface area contributed by atoms with E-state index in [-0.39, 0.29) is 22.8 Å². The molecule has 1 N–H and O–H groups in total. The molecule has 0 aromatic carbocycles. The molecule has 9 heteroatoms. The summed E-state index contributed by atoms with van der Waals surface area (Å²) >= 11 is 0. The van der Waals surface area contributed by atoms with Gasteiger partial charge in [0.15, 0.2) is 16.6 Å². The predicted molar refractivity (Wildman–Crippen MR) is 142 cm³/mol. The van der Waals surface area contributed by atoms with E-state index < -0.39 is 34.2 Å². The number of aryl methyl sites for hydroxylation is 1. The smallest absolute Gasteiger partial charge is 0.330 e. The number of aromatic amines is 1. The fourth-order valence-electron chi connectivity index (χ4n) is 5.34. The predicted octanol–water partition coefficient (Wildman–Crippen LogP) is 5.47. The van der Waals surface area contributed by atoms with Gasteiger partial charge in [-0.05, 0) is 62.5 Å². The lowest BCUT2D eigenvalue weighted by molar-refractivity contribution is -0.142. The summed E-state index contributed by atoms with van der Waals surface area (Å²) in [5, 5.41) is 0.0901. The molecule has 1 saturated carbocycles.